The molecule has 24 heteroatoms. The lowest BCUT2D eigenvalue weighted by Crippen LogP contribution is -2.44. The average Bonchev–Trinajstić information content (AvgIpc) is 3.62. The molecular formula is C59H60Cl3F6N5O10. The van der Waals surface area contributed by atoms with E-state index < -0.39 is 82.1 Å². The van der Waals surface area contributed by atoms with Crippen LogP contribution >= 0.6 is 34.8 Å². The molecule has 0 fully saturated rings. The van der Waals surface area contributed by atoms with Crippen LogP contribution in [-0.2, 0) is 67.9 Å². The molecule has 0 bridgehead atoms. The van der Waals surface area contributed by atoms with E-state index in [9.17, 15) is 59.9 Å². The Morgan fingerprint density at radius 2 is 1.02 bits per heavy atom. The Labute approximate surface area is 489 Å². The van der Waals surface area contributed by atoms with Gasteiger partial charge in [0, 0.05) is 46.1 Å². The SMILES string of the molecule is CC(=O)OCCOC(=O)[C@H](Cc1ccc(-c2c(C)cc(C(F)(F)F)n(C)c2=O)cc1)NC(=O)c1c(C)cccc1Cl.CCN(CC)CCOC(=O)[C@H](Cc1ccc(-c2c(C(F)(F)F)cc(C)n(C)c2=O)cc1)NC(=O)c1c(Cl)cccc1Cl. The van der Waals surface area contributed by atoms with Gasteiger partial charge in [-0.3, -0.25) is 24.0 Å². The number of benzene rings is 4. The normalized spacial score (nSPS) is 12.2. The minimum atomic E-state index is -4.74. The summed E-state index contributed by atoms with van der Waals surface area (Å²) in [6, 6.07) is 21.1. The summed E-state index contributed by atoms with van der Waals surface area (Å²) >= 11 is 18.6. The van der Waals surface area contributed by atoms with Gasteiger partial charge in [0.1, 0.15) is 37.6 Å². The topological polar surface area (TPSA) is 184 Å². The Morgan fingerprint density at radius 3 is 1.49 bits per heavy atom. The van der Waals surface area contributed by atoms with E-state index in [1.807, 2.05) is 13.8 Å². The molecule has 0 saturated heterocycles. The monoisotopic (exact) mass is 1220 g/mol. The van der Waals surface area contributed by atoms with Crippen LogP contribution in [0.1, 0.15) is 80.7 Å². The predicted molar refractivity (Wildman–Crippen MR) is 303 cm³/mol. The number of likely N-dealkylation sites (N-methyl/N-ethyl adjacent to an activating group) is 1. The van der Waals surface area contributed by atoms with E-state index in [4.69, 9.17) is 49.0 Å². The maximum atomic E-state index is 13.8. The van der Waals surface area contributed by atoms with Gasteiger partial charge in [0.2, 0.25) is 0 Å². The highest BCUT2D eigenvalue weighted by molar-refractivity contribution is 6.39. The van der Waals surface area contributed by atoms with Gasteiger partial charge in [-0.2, -0.15) is 26.3 Å². The summed E-state index contributed by atoms with van der Waals surface area (Å²) in [5.41, 5.74) is -1.42. The van der Waals surface area contributed by atoms with Crippen molar-refractivity contribution >= 4 is 64.5 Å². The maximum absolute atomic E-state index is 13.8. The lowest BCUT2D eigenvalue weighted by atomic mass is 9.97. The number of hydrogen-bond acceptors (Lipinski definition) is 11. The first-order valence-electron chi connectivity index (χ1n) is 25.7. The third-order valence-electron chi connectivity index (χ3n) is 13.3. The zero-order chi connectivity index (χ0) is 61.7. The molecule has 0 unspecified atom stereocenters. The molecule has 0 aliphatic heterocycles. The van der Waals surface area contributed by atoms with Gasteiger partial charge in [-0.1, -0.05) is 115 Å². The van der Waals surface area contributed by atoms with Crippen LogP contribution in [0.5, 0.6) is 0 Å². The molecule has 2 N–H and O–H groups in total. The average molecular weight is 1220 g/mol. The Morgan fingerprint density at radius 1 is 0.578 bits per heavy atom. The van der Waals surface area contributed by atoms with Crippen molar-refractivity contribution in [1.29, 1.82) is 0 Å². The fourth-order valence-electron chi connectivity index (χ4n) is 8.68. The van der Waals surface area contributed by atoms with Crippen LogP contribution in [0.15, 0.2) is 107 Å². The predicted octanol–water partition coefficient (Wildman–Crippen LogP) is 10.7. The van der Waals surface area contributed by atoms with E-state index in [1.165, 1.54) is 64.2 Å². The number of aryl methyl sites for hydroxylation is 3. The van der Waals surface area contributed by atoms with Gasteiger partial charge in [-0.05, 0) is 97.6 Å². The molecule has 2 aromatic heterocycles. The van der Waals surface area contributed by atoms with E-state index in [2.05, 4.69) is 15.5 Å². The molecule has 6 aromatic rings. The fourth-order valence-corrected chi connectivity index (χ4v) is 9.56. The highest BCUT2D eigenvalue weighted by Gasteiger charge is 2.37. The third kappa shape index (κ3) is 17.5. The van der Waals surface area contributed by atoms with Crippen LogP contribution in [0.25, 0.3) is 22.3 Å². The zero-order valence-electron chi connectivity index (χ0n) is 46.4. The molecule has 83 heavy (non-hydrogen) atoms. The molecule has 6 rings (SSSR count). The van der Waals surface area contributed by atoms with Crippen molar-refractivity contribution in [2.75, 3.05) is 39.5 Å². The summed E-state index contributed by atoms with van der Waals surface area (Å²) < 4.78 is 98.5. The Kier molecular flexibility index (Phi) is 23.3. The second kappa shape index (κ2) is 29.2. The molecule has 444 valence electrons. The molecule has 0 spiro atoms. The maximum Gasteiger partial charge on any atom is 0.431 e. The number of carbonyl (C=O) groups is 5. The first-order valence-corrected chi connectivity index (χ1v) is 26.9. The van der Waals surface area contributed by atoms with Crippen LogP contribution in [0.2, 0.25) is 15.1 Å². The number of nitrogens with zero attached hydrogens (tertiary/aromatic N) is 3. The van der Waals surface area contributed by atoms with Crippen molar-refractivity contribution in [2.24, 2.45) is 14.1 Å². The Balaban J connectivity index is 0.000000304. The van der Waals surface area contributed by atoms with Gasteiger partial charge in [0.25, 0.3) is 22.9 Å². The Bertz CT molecular complexity index is 3420. The largest absolute Gasteiger partial charge is 0.463 e. The van der Waals surface area contributed by atoms with Gasteiger partial charge in [-0.25, -0.2) is 9.59 Å². The van der Waals surface area contributed by atoms with Crippen molar-refractivity contribution in [3.63, 3.8) is 0 Å². The summed E-state index contributed by atoms with van der Waals surface area (Å²) in [5, 5.41) is 5.66. The van der Waals surface area contributed by atoms with Gasteiger partial charge < -0.3 is 38.9 Å². The van der Waals surface area contributed by atoms with Crippen molar-refractivity contribution in [3.8, 4) is 22.3 Å². The molecule has 0 radical (unpaired) electrons. The lowest BCUT2D eigenvalue weighted by molar-refractivity contribution is -0.152. The zero-order valence-corrected chi connectivity index (χ0v) is 48.6. The number of alkyl halides is 6. The van der Waals surface area contributed by atoms with Crippen molar-refractivity contribution in [1.82, 2.24) is 24.7 Å². The highest BCUT2D eigenvalue weighted by Crippen LogP contribution is 2.36. The van der Waals surface area contributed by atoms with Gasteiger partial charge in [0.05, 0.1) is 42.9 Å². The number of nitrogens with one attached hydrogen (secondary N) is 2. The smallest absolute Gasteiger partial charge is 0.431 e. The van der Waals surface area contributed by atoms with Crippen molar-refractivity contribution < 1.29 is 64.5 Å². The first-order chi connectivity index (χ1) is 39.0. The number of aromatic nitrogens is 2. The van der Waals surface area contributed by atoms with Crippen LogP contribution < -0.4 is 21.8 Å². The van der Waals surface area contributed by atoms with Crippen molar-refractivity contribution in [2.45, 2.75) is 78.8 Å². The minimum absolute atomic E-state index is 0.00739. The number of rotatable bonds is 20. The lowest BCUT2D eigenvalue weighted by Gasteiger charge is -2.21. The van der Waals surface area contributed by atoms with Crippen molar-refractivity contribution in [3.05, 3.63) is 183 Å². The fraction of sp³-hybridized carbons (Fsp3) is 0.339. The van der Waals surface area contributed by atoms with Crippen LogP contribution in [-0.4, -0.2) is 95.3 Å². The first kappa shape index (κ1) is 66.3. The van der Waals surface area contributed by atoms with E-state index in [0.717, 1.165) is 36.8 Å². The van der Waals surface area contributed by atoms with Crippen LogP contribution in [0.4, 0.5) is 26.3 Å². The molecule has 4 aromatic carbocycles. The number of amides is 2. The number of esters is 3. The number of halogens is 9. The second-order valence-electron chi connectivity index (χ2n) is 19.0. The third-order valence-corrected chi connectivity index (χ3v) is 14.2. The number of carbonyl (C=O) groups excluding carboxylic acids is 5. The Hall–Kier alpha value is -7.46. The van der Waals surface area contributed by atoms with Gasteiger partial charge in [0.15, 0.2) is 0 Å². The number of ether oxygens (including phenoxy) is 3. The van der Waals surface area contributed by atoms with Crippen LogP contribution in [0.3, 0.4) is 0 Å². The van der Waals surface area contributed by atoms with Gasteiger partial charge in [-0.15, -0.1) is 0 Å². The summed E-state index contributed by atoms with van der Waals surface area (Å²) in [6.07, 6.45) is -9.49. The van der Waals surface area contributed by atoms with Crippen LogP contribution in [0, 0.1) is 20.8 Å². The number of hydrogen-bond donors (Lipinski definition) is 2. The molecule has 2 heterocycles. The molecule has 0 saturated carbocycles. The summed E-state index contributed by atoms with van der Waals surface area (Å²) in [4.78, 5) is 90.9. The van der Waals surface area contributed by atoms with E-state index in [-0.39, 0.29) is 81.2 Å². The molecule has 2 amide bonds. The van der Waals surface area contributed by atoms with E-state index >= 15 is 0 Å². The summed E-state index contributed by atoms with van der Waals surface area (Å²) in [5.74, 6) is -3.32. The summed E-state index contributed by atoms with van der Waals surface area (Å²) in [6.45, 7) is 11.5. The van der Waals surface area contributed by atoms with E-state index in [1.54, 1.807) is 55.5 Å². The standard InChI is InChI=1S/C30H32Cl2F3N3O4.C29H28ClF3N2O6/c1-5-38(6-2)14-15-42-29(41)24(36-27(39)26-22(31)8-7-9-23(26)32)17-19-10-12-20(13-11-19)25-21(30(33,34)35)16-18(3)37(4)28(25)40;1-16-6-5-7-21(30)25(16)26(37)34-22(28(39)41-13-12-40-18(3)36)15-19-8-10-20(11-9-19)24-17(2)14-23(29(31,32)33)35(4)27(24)38/h7-13,16,24H,5-6,14-15,17H2,1-4H3,(H,36,39);5-11,14,22H,12-13,15H2,1-4H3,(H,34,37)/t24-;22-/m00/s1. The second-order valence-corrected chi connectivity index (χ2v) is 20.2. The molecule has 2 atom stereocenters. The molecular weight excluding hydrogens is 1160 g/mol. The molecule has 0 aliphatic carbocycles. The van der Waals surface area contributed by atoms with E-state index in [0.29, 0.717) is 33.4 Å². The van der Waals surface area contributed by atoms with Gasteiger partial charge >= 0.3 is 30.3 Å². The number of pyridine rings is 2. The minimum Gasteiger partial charge on any atom is -0.463 e. The highest BCUT2D eigenvalue weighted by atomic mass is 35.5. The quantitative estimate of drug-likeness (QED) is 0.0321. The molecule has 15 nitrogen and oxygen atoms in total. The summed E-state index contributed by atoms with van der Waals surface area (Å²) in [7, 11) is 2.46. The molecule has 0 aliphatic rings.